The fourth-order valence-corrected chi connectivity index (χ4v) is 2.34. The van der Waals surface area contributed by atoms with Gasteiger partial charge in [0.05, 0.1) is 6.61 Å². The van der Waals surface area contributed by atoms with E-state index in [0.717, 1.165) is 28.0 Å². The Labute approximate surface area is 123 Å². The third-order valence-electron chi connectivity index (χ3n) is 3.43. The standard InChI is InChI=1S/C17H17NO3/c1-11-4-3-5-12(2)17(11)20-10-16-18-14-8-13(9-19)6-7-15(14)21-16/h3-8,19H,9-10H2,1-2H3. The number of aliphatic hydroxyl groups is 1. The molecule has 0 atom stereocenters. The van der Waals surface area contributed by atoms with Crippen LogP contribution < -0.4 is 4.74 Å². The number of hydrogen-bond acceptors (Lipinski definition) is 4. The molecule has 0 spiro atoms. The highest BCUT2D eigenvalue weighted by Gasteiger charge is 2.09. The van der Waals surface area contributed by atoms with Crippen molar-refractivity contribution in [3.05, 3.63) is 59.0 Å². The van der Waals surface area contributed by atoms with Crippen molar-refractivity contribution >= 4 is 11.1 Å². The highest BCUT2D eigenvalue weighted by Crippen LogP contribution is 2.24. The van der Waals surface area contributed by atoms with Crippen molar-refractivity contribution in [1.29, 1.82) is 0 Å². The van der Waals surface area contributed by atoms with Crippen LogP contribution >= 0.6 is 0 Å². The second-order valence-electron chi connectivity index (χ2n) is 5.08. The Hall–Kier alpha value is -2.33. The second kappa shape index (κ2) is 5.58. The molecular weight excluding hydrogens is 266 g/mol. The third kappa shape index (κ3) is 2.76. The smallest absolute Gasteiger partial charge is 0.233 e. The first-order chi connectivity index (χ1) is 10.2. The maximum Gasteiger partial charge on any atom is 0.233 e. The number of aromatic nitrogens is 1. The van der Waals surface area contributed by atoms with Gasteiger partial charge in [0.1, 0.15) is 11.3 Å². The number of aliphatic hydroxyl groups excluding tert-OH is 1. The normalized spacial score (nSPS) is 11.0. The second-order valence-corrected chi connectivity index (χ2v) is 5.08. The zero-order valence-corrected chi connectivity index (χ0v) is 12.1. The lowest BCUT2D eigenvalue weighted by molar-refractivity contribution is 0.264. The average Bonchev–Trinajstić information content (AvgIpc) is 2.88. The fraction of sp³-hybridized carbons (Fsp3) is 0.235. The molecule has 0 unspecified atom stereocenters. The van der Waals surface area contributed by atoms with E-state index in [9.17, 15) is 0 Å². The van der Waals surface area contributed by atoms with Gasteiger partial charge < -0.3 is 14.3 Å². The lowest BCUT2D eigenvalue weighted by atomic mass is 10.1. The average molecular weight is 283 g/mol. The predicted octanol–water partition coefficient (Wildman–Crippen LogP) is 3.52. The van der Waals surface area contributed by atoms with Crippen LogP contribution in [0.5, 0.6) is 5.75 Å². The molecular formula is C17H17NO3. The number of benzene rings is 2. The van der Waals surface area contributed by atoms with Crippen molar-refractivity contribution in [2.24, 2.45) is 0 Å². The van der Waals surface area contributed by atoms with Gasteiger partial charge in [0, 0.05) is 0 Å². The lowest BCUT2D eigenvalue weighted by Gasteiger charge is -2.09. The number of nitrogens with zero attached hydrogens (tertiary/aromatic N) is 1. The minimum atomic E-state index is -0.00294. The van der Waals surface area contributed by atoms with Gasteiger partial charge >= 0.3 is 0 Å². The summed E-state index contributed by atoms with van der Waals surface area (Å²) in [5.41, 5.74) is 4.44. The summed E-state index contributed by atoms with van der Waals surface area (Å²) in [7, 11) is 0. The number of rotatable bonds is 4. The van der Waals surface area contributed by atoms with Gasteiger partial charge in [-0.2, -0.15) is 0 Å². The van der Waals surface area contributed by atoms with Crippen molar-refractivity contribution in [2.45, 2.75) is 27.1 Å². The van der Waals surface area contributed by atoms with Crippen LogP contribution in [0.15, 0.2) is 40.8 Å². The molecule has 1 aromatic heterocycles. The monoisotopic (exact) mass is 283 g/mol. The molecule has 2 aromatic carbocycles. The molecule has 1 heterocycles. The van der Waals surface area contributed by atoms with E-state index < -0.39 is 0 Å². The van der Waals surface area contributed by atoms with Crippen molar-refractivity contribution < 1.29 is 14.3 Å². The van der Waals surface area contributed by atoms with E-state index in [-0.39, 0.29) is 13.2 Å². The Bertz CT molecular complexity index is 757. The molecule has 0 bridgehead atoms. The molecule has 0 aliphatic rings. The molecule has 1 N–H and O–H groups in total. The number of fused-ring (bicyclic) bond motifs is 1. The van der Waals surface area contributed by atoms with Gasteiger partial charge in [-0.25, -0.2) is 4.98 Å². The van der Waals surface area contributed by atoms with E-state index >= 15 is 0 Å². The Kier molecular flexibility index (Phi) is 3.62. The minimum absolute atomic E-state index is 0.00294. The summed E-state index contributed by atoms with van der Waals surface area (Å²) in [6.45, 7) is 4.32. The molecule has 4 nitrogen and oxygen atoms in total. The minimum Gasteiger partial charge on any atom is -0.483 e. The Morgan fingerprint density at radius 1 is 1.14 bits per heavy atom. The molecule has 0 fully saturated rings. The van der Waals surface area contributed by atoms with Crippen LogP contribution in [-0.4, -0.2) is 10.1 Å². The zero-order valence-electron chi connectivity index (χ0n) is 12.1. The first-order valence-electron chi connectivity index (χ1n) is 6.85. The van der Waals surface area contributed by atoms with Crippen LogP contribution in [0.1, 0.15) is 22.6 Å². The van der Waals surface area contributed by atoms with Crippen molar-refractivity contribution in [3.63, 3.8) is 0 Å². The fourth-order valence-electron chi connectivity index (χ4n) is 2.34. The summed E-state index contributed by atoms with van der Waals surface area (Å²) >= 11 is 0. The maximum atomic E-state index is 9.13. The molecule has 108 valence electrons. The van der Waals surface area contributed by atoms with E-state index in [1.807, 2.05) is 50.2 Å². The number of aryl methyl sites for hydroxylation is 2. The van der Waals surface area contributed by atoms with Crippen LogP contribution in [0.2, 0.25) is 0 Å². The molecule has 4 heteroatoms. The van der Waals surface area contributed by atoms with Gasteiger partial charge in [0.25, 0.3) is 0 Å². The van der Waals surface area contributed by atoms with E-state index in [1.165, 1.54) is 0 Å². The maximum absolute atomic E-state index is 9.13. The first-order valence-corrected chi connectivity index (χ1v) is 6.85. The highest BCUT2D eigenvalue weighted by atomic mass is 16.5. The van der Waals surface area contributed by atoms with Gasteiger partial charge in [-0.15, -0.1) is 0 Å². The third-order valence-corrected chi connectivity index (χ3v) is 3.43. The van der Waals surface area contributed by atoms with Crippen LogP contribution in [0, 0.1) is 13.8 Å². The van der Waals surface area contributed by atoms with Gasteiger partial charge in [0.2, 0.25) is 5.89 Å². The quantitative estimate of drug-likeness (QED) is 0.796. The van der Waals surface area contributed by atoms with Crippen molar-refractivity contribution in [1.82, 2.24) is 4.98 Å². The SMILES string of the molecule is Cc1cccc(C)c1OCc1nc2cc(CO)ccc2o1. The molecule has 21 heavy (non-hydrogen) atoms. The van der Waals surface area contributed by atoms with E-state index in [4.69, 9.17) is 14.3 Å². The predicted molar refractivity (Wildman–Crippen MR) is 80.2 cm³/mol. The number of para-hydroxylation sites is 1. The van der Waals surface area contributed by atoms with Crippen LogP contribution in [0.3, 0.4) is 0 Å². The Morgan fingerprint density at radius 3 is 2.62 bits per heavy atom. The van der Waals surface area contributed by atoms with Crippen LogP contribution in [0.25, 0.3) is 11.1 Å². The van der Waals surface area contributed by atoms with E-state index in [1.54, 1.807) is 0 Å². The number of oxazole rings is 1. The molecule has 0 aliphatic heterocycles. The molecule has 0 aliphatic carbocycles. The molecule has 0 saturated heterocycles. The highest BCUT2D eigenvalue weighted by molar-refractivity contribution is 5.73. The topological polar surface area (TPSA) is 55.5 Å². The van der Waals surface area contributed by atoms with E-state index in [2.05, 4.69) is 4.98 Å². The summed E-state index contributed by atoms with van der Waals surface area (Å²) in [6, 6.07) is 11.5. The summed E-state index contributed by atoms with van der Waals surface area (Å²) in [6.07, 6.45) is 0. The molecule has 0 amide bonds. The van der Waals surface area contributed by atoms with Crippen molar-refractivity contribution in [3.8, 4) is 5.75 Å². The summed E-state index contributed by atoms with van der Waals surface area (Å²) in [4.78, 5) is 4.39. The molecule has 0 saturated carbocycles. The summed E-state index contributed by atoms with van der Waals surface area (Å²) < 4.78 is 11.5. The Morgan fingerprint density at radius 2 is 1.90 bits per heavy atom. The Balaban J connectivity index is 1.82. The van der Waals surface area contributed by atoms with E-state index in [0.29, 0.717) is 11.5 Å². The summed E-state index contributed by atoms with van der Waals surface area (Å²) in [5, 5.41) is 9.13. The molecule has 3 rings (SSSR count). The molecule has 3 aromatic rings. The van der Waals surface area contributed by atoms with Crippen molar-refractivity contribution in [2.75, 3.05) is 0 Å². The summed E-state index contributed by atoms with van der Waals surface area (Å²) in [5.74, 6) is 1.40. The van der Waals surface area contributed by atoms with Gasteiger partial charge in [-0.3, -0.25) is 0 Å². The van der Waals surface area contributed by atoms with Crippen LogP contribution in [0.4, 0.5) is 0 Å². The lowest BCUT2D eigenvalue weighted by Crippen LogP contribution is -1.98. The number of ether oxygens (including phenoxy) is 1. The molecule has 0 radical (unpaired) electrons. The first kappa shape index (κ1) is 13.6. The van der Waals surface area contributed by atoms with Gasteiger partial charge in [0.15, 0.2) is 12.2 Å². The number of hydrogen-bond donors (Lipinski definition) is 1. The van der Waals surface area contributed by atoms with Crippen LogP contribution in [-0.2, 0) is 13.2 Å². The van der Waals surface area contributed by atoms with Gasteiger partial charge in [-0.05, 0) is 42.7 Å². The van der Waals surface area contributed by atoms with Gasteiger partial charge in [-0.1, -0.05) is 24.3 Å². The zero-order chi connectivity index (χ0) is 14.8. The largest absolute Gasteiger partial charge is 0.483 e.